The van der Waals surface area contributed by atoms with Crippen LogP contribution in [0.1, 0.15) is 49.2 Å². The highest BCUT2D eigenvalue weighted by molar-refractivity contribution is 5.80. The molecule has 16 heavy (non-hydrogen) atoms. The van der Waals surface area contributed by atoms with Gasteiger partial charge in [0.2, 0.25) is 5.88 Å². The van der Waals surface area contributed by atoms with E-state index >= 15 is 0 Å². The second-order valence-electron chi connectivity index (χ2n) is 3.98. The highest BCUT2D eigenvalue weighted by atomic mass is 16.5. The quantitative estimate of drug-likeness (QED) is 0.697. The van der Waals surface area contributed by atoms with Gasteiger partial charge in [-0.3, -0.25) is 4.79 Å². The first-order valence-electron chi connectivity index (χ1n) is 5.79. The van der Waals surface area contributed by atoms with Gasteiger partial charge in [0, 0.05) is 7.05 Å². The number of ether oxygens (including phenoxy) is 1. The summed E-state index contributed by atoms with van der Waals surface area (Å²) in [5.41, 5.74) is 1.29. The third-order valence-corrected chi connectivity index (χ3v) is 2.68. The van der Waals surface area contributed by atoms with Crippen LogP contribution in [-0.4, -0.2) is 22.2 Å². The van der Waals surface area contributed by atoms with Crippen LogP contribution in [0, 0.1) is 6.92 Å². The van der Waals surface area contributed by atoms with Crippen molar-refractivity contribution in [3.63, 3.8) is 0 Å². The minimum absolute atomic E-state index is 0.165. The number of aldehydes is 1. The van der Waals surface area contributed by atoms with Gasteiger partial charge in [-0.1, -0.05) is 20.3 Å². The van der Waals surface area contributed by atoms with Crippen molar-refractivity contribution in [1.29, 1.82) is 0 Å². The van der Waals surface area contributed by atoms with Crippen LogP contribution in [0.2, 0.25) is 0 Å². The minimum Gasteiger partial charge on any atom is -0.474 e. The second kappa shape index (κ2) is 5.68. The van der Waals surface area contributed by atoms with Gasteiger partial charge in [-0.25, -0.2) is 4.68 Å². The minimum atomic E-state index is 0.165. The topological polar surface area (TPSA) is 44.1 Å². The van der Waals surface area contributed by atoms with Gasteiger partial charge in [0.05, 0.1) is 11.3 Å². The highest BCUT2D eigenvalue weighted by Crippen LogP contribution is 2.22. The summed E-state index contributed by atoms with van der Waals surface area (Å²) in [6, 6.07) is 0. The Hall–Kier alpha value is -1.32. The van der Waals surface area contributed by atoms with Crippen molar-refractivity contribution >= 4 is 6.29 Å². The lowest BCUT2D eigenvalue weighted by atomic mass is 10.1. The van der Waals surface area contributed by atoms with Crippen molar-refractivity contribution in [3.8, 4) is 5.88 Å². The SMILES string of the molecule is CCCC(CC)Oc1c(C=O)c(C)nn1C. The molecule has 1 unspecified atom stereocenters. The summed E-state index contributed by atoms with van der Waals surface area (Å²) in [4.78, 5) is 11.0. The summed E-state index contributed by atoms with van der Waals surface area (Å²) >= 11 is 0. The Morgan fingerprint density at radius 2 is 2.19 bits per heavy atom. The van der Waals surface area contributed by atoms with E-state index in [9.17, 15) is 4.79 Å². The van der Waals surface area contributed by atoms with E-state index in [-0.39, 0.29) is 6.10 Å². The van der Waals surface area contributed by atoms with Crippen molar-refractivity contribution < 1.29 is 9.53 Å². The van der Waals surface area contributed by atoms with E-state index in [1.165, 1.54) is 0 Å². The first-order valence-corrected chi connectivity index (χ1v) is 5.79. The van der Waals surface area contributed by atoms with E-state index < -0.39 is 0 Å². The molecule has 0 aliphatic heterocycles. The lowest BCUT2D eigenvalue weighted by Crippen LogP contribution is -2.17. The molecule has 0 saturated heterocycles. The van der Waals surface area contributed by atoms with Gasteiger partial charge >= 0.3 is 0 Å². The van der Waals surface area contributed by atoms with Crippen LogP contribution < -0.4 is 4.74 Å². The van der Waals surface area contributed by atoms with Crippen molar-refractivity contribution in [1.82, 2.24) is 9.78 Å². The van der Waals surface area contributed by atoms with Crippen LogP contribution >= 0.6 is 0 Å². The van der Waals surface area contributed by atoms with E-state index in [0.717, 1.165) is 31.2 Å². The largest absolute Gasteiger partial charge is 0.474 e. The zero-order valence-corrected chi connectivity index (χ0v) is 10.5. The zero-order chi connectivity index (χ0) is 12.1. The van der Waals surface area contributed by atoms with Gasteiger partial charge in [-0.15, -0.1) is 0 Å². The second-order valence-corrected chi connectivity index (χ2v) is 3.98. The van der Waals surface area contributed by atoms with Crippen LogP contribution in [0.4, 0.5) is 0 Å². The van der Waals surface area contributed by atoms with Crippen molar-refractivity contribution in [2.75, 3.05) is 0 Å². The molecule has 90 valence electrons. The standard InChI is InChI=1S/C12H20N2O2/c1-5-7-10(6-2)16-12-11(8-15)9(3)13-14(12)4/h8,10H,5-7H2,1-4H3. The number of aromatic nitrogens is 2. The average molecular weight is 224 g/mol. The normalized spacial score (nSPS) is 12.5. The van der Waals surface area contributed by atoms with Crippen LogP contribution in [0.3, 0.4) is 0 Å². The summed E-state index contributed by atoms with van der Waals surface area (Å²) in [6.07, 6.45) is 4.00. The molecule has 1 rings (SSSR count). The summed E-state index contributed by atoms with van der Waals surface area (Å²) < 4.78 is 7.48. The predicted octanol–water partition coefficient (Wildman–Crippen LogP) is 2.50. The van der Waals surface area contributed by atoms with Gasteiger partial charge in [-0.05, 0) is 19.8 Å². The lowest BCUT2D eigenvalue weighted by Gasteiger charge is -2.16. The highest BCUT2D eigenvalue weighted by Gasteiger charge is 2.17. The van der Waals surface area contributed by atoms with Crippen LogP contribution in [0.25, 0.3) is 0 Å². The molecule has 0 aromatic carbocycles. The van der Waals surface area contributed by atoms with E-state index in [1.807, 2.05) is 6.92 Å². The molecule has 4 heteroatoms. The number of hydrogen-bond acceptors (Lipinski definition) is 3. The molecule has 1 heterocycles. The number of hydrogen-bond donors (Lipinski definition) is 0. The third-order valence-electron chi connectivity index (χ3n) is 2.68. The Kier molecular flexibility index (Phi) is 4.52. The molecule has 1 aromatic rings. The summed E-state index contributed by atoms with van der Waals surface area (Å²) in [7, 11) is 1.80. The molecule has 0 fully saturated rings. The molecule has 0 radical (unpaired) electrons. The number of rotatable bonds is 6. The molecule has 4 nitrogen and oxygen atoms in total. The molecule has 1 aromatic heterocycles. The van der Waals surface area contributed by atoms with Gasteiger partial charge in [-0.2, -0.15) is 5.10 Å². The Morgan fingerprint density at radius 1 is 1.50 bits per heavy atom. The fraction of sp³-hybridized carbons (Fsp3) is 0.667. The molecular formula is C12H20N2O2. The van der Waals surface area contributed by atoms with E-state index in [1.54, 1.807) is 11.7 Å². The molecule has 0 aliphatic rings. The fourth-order valence-electron chi connectivity index (χ4n) is 1.76. The summed E-state index contributed by atoms with van der Waals surface area (Å²) in [6.45, 7) is 6.03. The Balaban J connectivity index is 2.90. The Morgan fingerprint density at radius 3 is 2.69 bits per heavy atom. The van der Waals surface area contributed by atoms with Crippen LogP contribution in [0.15, 0.2) is 0 Å². The third kappa shape index (κ3) is 2.62. The van der Waals surface area contributed by atoms with Gasteiger partial charge in [0.25, 0.3) is 0 Å². The average Bonchev–Trinajstić information content (AvgIpc) is 2.52. The molecule has 0 spiro atoms. The van der Waals surface area contributed by atoms with E-state index in [4.69, 9.17) is 4.74 Å². The first-order chi connectivity index (χ1) is 7.63. The maximum Gasteiger partial charge on any atom is 0.222 e. The summed E-state index contributed by atoms with van der Waals surface area (Å²) in [5.74, 6) is 0.591. The number of nitrogens with zero attached hydrogens (tertiary/aromatic N) is 2. The molecule has 0 bridgehead atoms. The molecule has 1 atom stereocenters. The van der Waals surface area contributed by atoms with Gasteiger partial charge in [0.1, 0.15) is 6.10 Å². The zero-order valence-electron chi connectivity index (χ0n) is 10.5. The van der Waals surface area contributed by atoms with Crippen LogP contribution in [-0.2, 0) is 7.05 Å². The number of aryl methyl sites for hydroxylation is 2. The molecule has 0 aliphatic carbocycles. The van der Waals surface area contributed by atoms with Gasteiger partial charge < -0.3 is 4.74 Å². The predicted molar refractivity (Wildman–Crippen MR) is 62.9 cm³/mol. The maximum absolute atomic E-state index is 11.0. The van der Waals surface area contributed by atoms with Crippen molar-refractivity contribution in [2.24, 2.45) is 7.05 Å². The van der Waals surface area contributed by atoms with Crippen molar-refractivity contribution in [2.45, 2.75) is 46.1 Å². The molecular weight excluding hydrogens is 204 g/mol. The number of carbonyl (C=O) groups excluding carboxylic acids is 1. The Bertz CT molecular complexity index is 358. The first kappa shape index (κ1) is 12.7. The molecule has 0 saturated carbocycles. The van der Waals surface area contributed by atoms with E-state index in [0.29, 0.717) is 11.4 Å². The Labute approximate surface area is 96.6 Å². The monoisotopic (exact) mass is 224 g/mol. The van der Waals surface area contributed by atoms with Gasteiger partial charge in [0.15, 0.2) is 6.29 Å². The lowest BCUT2D eigenvalue weighted by molar-refractivity contribution is 0.111. The molecule has 0 amide bonds. The molecule has 0 N–H and O–H groups in total. The van der Waals surface area contributed by atoms with Crippen LogP contribution in [0.5, 0.6) is 5.88 Å². The maximum atomic E-state index is 11.0. The number of carbonyl (C=O) groups is 1. The van der Waals surface area contributed by atoms with E-state index in [2.05, 4.69) is 18.9 Å². The smallest absolute Gasteiger partial charge is 0.222 e. The summed E-state index contributed by atoms with van der Waals surface area (Å²) in [5, 5.41) is 4.19. The fourth-order valence-corrected chi connectivity index (χ4v) is 1.76. The van der Waals surface area contributed by atoms with Crippen molar-refractivity contribution in [3.05, 3.63) is 11.3 Å².